The van der Waals surface area contributed by atoms with Crippen LogP contribution < -0.4 is 0 Å². The number of alkyl halides is 3. The summed E-state index contributed by atoms with van der Waals surface area (Å²) in [5, 5.41) is 0. The van der Waals surface area contributed by atoms with E-state index in [-0.39, 0.29) is 0 Å². The molecule has 1 nitrogen and oxygen atoms in total. The van der Waals surface area contributed by atoms with Gasteiger partial charge in [-0.15, -0.1) is 0 Å². The SMILES string of the molecule is CO[Si](C)(C)CCCCc1cccc(C(F)(F)F)c1. The van der Waals surface area contributed by atoms with E-state index in [0.29, 0.717) is 6.42 Å². The van der Waals surface area contributed by atoms with E-state index in [1.165, 1.54) is 12.1 Å². The van der Waals surface area contributed by atoms with Gasteiger partial charge in [-0.05, 0) is 43.6 Å². The summed E-state index contributed by atoms with van der Waals surface area (Å²) in [6.45, 7) is 4.30. The van der Waals surface area contributed by atoms with E-state index in [4.69, 9.17) is 4.43 Å². The van der Waals surface area contributed by atoms with Crippen molar-refractivity contribution in [2.45, 2.75) is 44.6 Å². The molecule has 108 valence electrons. The van der Waals surface area contributed by atoms with Gasteiger partial charge < -0.3 is 4.43 Å². The molecule has 0 heterocycles. The van der Waals surface area contributed by atoms with Crippen molar-refractivity contribution in [3.63, 3.8) is 0 Å². The van der Waals surface area contributed by atoms with Crippen LogP contribution in [0.1, 0.15) is 24.0 Å². The average Bonchev–Trinajstić information content (AvgIpc) is 2.34. The third-order valence-electron chi connectivity index (χ3n) is 3.30. The first kappa shape index (κ1) is 16.2. The van der Waals surface area contributed by atoms with Crippen LogP contribution in [-0.4, -0.2) is 15.4 Å². The Hall–Kier alpha value is -0.813. The van der Waals surface area contributed by atoms with Gasteiger partial charge in [0.25, 0.3) is 0 Å². The van der Waals surface area contributed by atoms with Crippen molar-refractivity contribution in [3.8, 4) is 0 Å². The van der Waals surface area contributed by atoms with Crippen molar-refractivity contribution >= 4 is 8.32 Å². The minimum absolute atomic E-state index is 0.559. The van der Waals surface area contributed by atoms with Crippen molar-refractivity contribution in [2.24, 2.45) is 0 Å². The zero-order chi connectivity index (χ0) is 14.5. The van der Waals surface area contributed by atoms with Crippen molar-refractivity contribution in [3.05, 3.63) is 35.4 Å². The molecule has 0 bridgehead atoms. The molecule has 0 N–H and O–H groups in total. The Kier molecular flexibility index (Phi) is 5.61. The van der Waals surface area contributed by atoms with Crippen LogP contribution in [0.5, 0.6) is 0 Å². The molecule has 0 saturated heterocycles. The lowest BCUT2D eigenvalue weighted by Crippen LogP contribution is -2.27. The molecule has 5 heteroatoms. The van der Waals surface area contributed by atoms with Crippen LogP contribution in [-0.2, 0) is 17.0 Å². The lowest BCUT2D eigenvalue weighted by atomic mass is 10.1. The van der Waals surface area contributed by atoms with Crippen LogP contribution in [0.2, 0.25) is 19.1 Å². The normalized spacial score (nSPS) is 12.7. The van der Waals surface area contributed by atoms with Gasteiger partial charge in [-0.1, -0.05) is 24.6 Å². The summed E-state index contributed by atoms with van der Waals surface area (Å²) in [6.07, 6.45) is -1.65. The van der Waals surface area contributed by atoms with Crippen LogP contribution in [0.3, 0.4) is 0 Å². The van der Waals surface area contributed by atoms with E-state index in [1.807, 2.05) is 0 Å². The Morgan fingerprint density at radius 3 is 2.42 bits per heavy atom. The molecule has 19 heavy (non-hydrogen) atoms. The highest BCUT2D eigenvalue weighted by atomic mass is 28.4. The highest BCUT2D eigenvalue weighted by Gasteiger charge is 2.30. The second-order valence-electron chi connectivity index (χ2n) is 5.37. The van der Waals surface area contributed by atoms with E-state index >= 15 is 0 Å². The number of halogens is 3. The van der Waals surface area contributed by atoms with Gasteiger partial charge in [0.05, 0.1) is 5.56 Å². The second kappa shape index (κ2) is 6.57. The lowest BCUT2D eigenvalue weighted by Gasteiger charge is -2.19. The molecule has 1 aromatic carbocycles. The van der Waals surface area contributed by atoms with E-state index in [0.717, 1.165) is 30.5 Å². The van der Waals surface area contributed by atoms with Gasteiger partial charge in [0.2, 0.25) is 0 Å². The quantitative estimate of drug-likeness (QED) is 0.536. The van der Waals surface area contributed by atoms with Crippen LogP contribution >= 0.6 is 0 Å². The van der Waals surface area contributed by atoms with Crippen molar-refractivity contribution in [2.75, 3.05) is 7.11 Å². The van der Waals surface area contributed by atoms with Gasteiger partial charge in [0.1, 0.15) is 0 Å². The maximum absolute atomic E-state index is 12.5. The summed E-state index contributed by atoms with van der Waals surface area (Å²) in [5.41, 5.74) is 0.198. The largest absolute Gasteiger partial charge is 0.420 e. The monoisotopic (exact) mass is 290 g/mol. The Morgan fingerprint density at radius 2 is 1.84 bits per heavy atom. The average molecular weight is 290 g/mol. The number of unbranched alkanes of at least 4 members (excludes halogenated alkanes) is 1. The van der Waals surface area contributed by atoms with E-state index in [9.17, 15) is 13.2 Å². The summed E-state index contributed by atoms with van der Waals surface area (Å²) in [5.74, 6) is 0. The minimum atomic E-state index is -4.25. The Labute approximate surface area is 113 Å². The minimum Gasteiger partial charge on any atom is -0.420 e. The molecule has 0 amide bonds. The molecule has 0 radical (unpaired) electrons. The zero-order valence-electron chi connectivity index (χ0n) is 11.7. The first-order valence-corrected chi connectivity index (χ1v) is 9.57. The lowest BCUT2D eigenvalue weighted by molar-refractivity contribution is -0.137. The number of hydrogen-bond donors (Lipinski definition) is 0. The van der Waals surface area contributed by atoms with E-state index in [1.54, 1.807) is 13.2 Å². The predicted molar refractivity (Wildman–Crippen MR) is 73.7 cm³/mol. The fraction of sp³-hybridized carbons (Fsp3) is 0.571. The number of aryl methyl sites for hydroxylation is 1. The highest BCUT2D eigenvalue weighted by Crippen LogP contribution is 2.29. The van der Waals surface area contributed by atoms with Gasteiger partial charge in [0, 0.05) is 7.11 Å². The van der Waals surface area contributed by atoms with Crippen molar-refractivity contribution in [1.29, 1.82) is 0 Å². The van der Waals surface area contributed by atoms with Gasteiger partial charge in [-0.3, -0.25) is 0 Å². The molecular weight excluding hydrogens is 269 g/mol. The fourth-order valence-electron chi connectivity index (χ4n) is 1.89. The molecule has 0 aliphatic heterocycles. The summed E-state index contributed by atoms with van der Waals surface area (Å²) in [7, 11) is 0.199. The second-order valence-corrected chi connectivity index (χ2v) is 9.80. The van der Waals surface area contributed by atoms with Crippen LogP contribution in [0.15, 0.2) is 24.3 Å². The third-order valence-corrected chi connectivity index (χ3v) is 5.96. The molecule has 0 unspecified atom stereocenters. The Balaban J connectivity index is 2.46. The molecule has 0 aliphatic rings. The summed E-state index contributed by atoms with van der Waals surface area (Å²) >= 11 is 0. The number of rotatable bonds is 6. The first-order valence-electron chi connectivity index (χ1n) is 6.46. The molecule has 0 fully saturated rings. The van der Waals surface area contributed by atoms with E-state index < -0.39 is 20.1 Å². The number of hydrogen-bond acceptors (Lipinski definition) is 1. The summed E-state index contributed by atoms with van der Waals surface area (Å²) in [6, 6.07) is 6.64. The molecule has 0 saturated carbocycles. The first-order chi connectivity index (χ1) is 8.74. The van der Waals surface area contributed by atoms with E-state index in [2.05, 4.69) is 13.1 Å². The smallest absolute Gasteiger partial charge is 0.416 e. The van der Waals surface area contributed by atoms with Crippen LogP contribution in [0, 0.1) is 0 Å². The Bertz CT molecular complexity index is 402. The predicted octanol–water partition coefficient (Wildman–Crippen LogP) is 4.88. The number of benzene rings is 1. The Morgan fingerprint density at radius 1 is 1.16 bits per heavy atom. The summed E-state index contributed by atoms with van der Waals surface area (Å²) in [4.78, 5) is 0. The molecule has 1 rings (SSSR count). The van der Waals surface area contributed by atoms with Gasteiger partial charge in [-0.25, -0.2) is 0 Å². The molecule has 0 spiro atoms. The molecule has 0 aliphatic carbocycles. The zero-order valence-corrected chi connectivity index (χ0v) is 12.7. The van der Waals surface area contributed by atoms with Crippen molar-refractivity contribution in [1.82, 2.24) is 0 Å². The van der Waals surface area contributed by atoms with Crippen LogP contribution in [0.25, 0.3) is 0 Å². The third kappa shape index (κ3) is 5.78. The standard InChI is InChI=1S/C14H21F3OSi/c1-18-19(2,3)10-5-4-7-12-8-6-9-13(11-12)14(15,16)17/h6,8-9,11H,4-5,7,10H2,1-3H3. The van der Waals surface area contributed by atoms with Gasteiger partial charge >= 0.3 is 6.18 Å². The maximum Gasteiger partial charge on any atom is 0.416 e. The van der Waals surface area contributed by atoms with Gasteiger partial charge in [0.15, 0.2) is 8.32 Å². The topological polar surface area (TPSA) is 9.23 Å². The highest BCUT2D eigenvalue weighted by molar-refractivity contribution is 6.71. The van der Waals surface area contributed by atoms with Crippen LogP contribution in [0.4, 0.5) is 13.2 Å². The maximum atomic E-state index is 12.5. The molecule has 0 aromatic heterocycles. The molecule has 1 aromatic rings. The molecular formula is C14H21F3OSi. The fourth-order valence-corrected chi connectivity index (χ4v) is 3.19. The summed E-state index contributed by atoms with van der Waals surface area (Å²) < 4.78 is 43.1. The molecule has 0 atom stereocenters. The van der Waals surface area contributed by atoms with Crippen molar-refractivity contribution < 1.29 is 17.6 Å². The van der Waals surface area contributed by atoms with Gasteiger partial charge in [-0.2, -0.15) is 13.2 Å².